The van der Waals surface area contributed by atoms with E-state index in [-0.39, 0.29) is 18.7 Å². The lowest BCUT2D eigenvalue weighted by atomic mass is 9.94. The second kappa shape index (κ2) is 7.66. The zero-order chi connectivity index (χ0) is 21.5. The number of anilines is 2. The highest BCUT2D eigenvalue weighted by atomic mass is 32.1. The maximum Gasteiger partial charge on any atom is 0.231 e. The van der Waals surface area contributed by atoms with Gasteiger partial charge in [-0.2, -0.15) is 5.10 Å². The van der Waals surface area contributed by atoms with Gasteiger partial charge in [-0.25, -0.2) is 5.01 Å². The minimum atomic E-state index is -0.107. The molecule has 3 aromatic rings. The Hall–Kier alpha value is -3.46. The van der Waals surface area contributed by atoms with Crippen molar-refractivity contribution in [2.24, 2.45) is 5.10 Å². The van der Waals surface area contributed by atoms with Crippen molar-refractivity contribution >= 4 is 33.8 Å². The Morgan fingerprint density at radius 3 is 2.58 bits per heavy atom. The molecule has 158 valence electrons. The molecule has 1 atom stereocenters. The number of aryl methyl sites for hydroxylation is 1. The van der Waals surface area contributed by atoms with Crippen molar-refractivity contribution in [2.45, 2.75) is 33.2 Å². The quantitative estimate of drug-likeness (QED) is 0.674. The van der Waals surface area contributed by atoms with Crippen molar-refractivity contribution in [3.8, 4) is 11.5 Å². The average Bonchev–Trinajstić information content (AvgIpc) is 3.34. The van der Waals surface area contributed by atoms with Gasteiger partial charge in [0.1, 0.15) is 5.01 Å². The van der Waals surface area contributed by atoms with Crippen molar-refractivity contribution < 1.29 is 14.3 Å². The molecule has 0 saturated heterocycles. The van der Waals surface area contributed by atoms with Crippen molar-refractivity contribution in [3.63, 3.8) is 0 Å². The number of hydrogen-bond acceptors (Lipinski definition) is 8. The number of hydrogen-bond donors (Lipinski definition) is 1. The predicted octanol–water partition coefficient (Wildman–Crippen LogP) is 3.74. The molecular weight excluding hydrogens is 414 g/mol. The third kappa shape index (κ3) is 3.72. The number of benzene rings is 2. The Morgan fingerprint density at radius 1 is 1.16 bits per heavy atom. The van der Waals surface area contributed by atoms with E-state index in [9.17, 15) is 4.79 Å². The van der Waals surface area contributed by atoms with Gasteiger partial charge in [0.05, 0.1) is 11.8 Å². The van der Waals surface area contributed by atoms with Gasteiger partial charge in [0, 0.05) is 23.7 Å². The van der Waals surface area contributed by atoms with Crippen LogP contribution in [-0.2, 0) is 11.2 Å². The lowest BCUT2D eigenvalue weighted by molar-refractivity contribution is -0.114. The minimum absolute atomic E-state index is 0.0719. The van der Waals surface area contributed by atoms with E-state index in [0.717, 1.165) is 50.4 Å². The molecule has 3 heterocycles. The third-order valence-electron chi connectivity index (χ3n) is 5.18. The van der Waals surface area contributed by atoms with Gasteiger partial charge >= 0.3 is 0 Å². The zero-order valence-electron chi connectivity index (χ0n) is 17.4. The van der Waals surface area contributed by atoms with Crippen molar-refractivity contribution in [1.82, 2.24) is 10.2 Å². The van der Waals surface area contributed by atoms with Crippen LogP contribution in [-0.4, -0.2) is 34.7 Å². The molecule has 0 unspecified atom stereocenters. The van der Waals surface area contributed by atoms with E-state index in [4.69, 9.17) is 14.6 Å². The lowest BCUT2D eigenvalue weighted by Crippen LogP contribution is -2.29. The second-order valence-electron chi connectivity index (χ2n) is 7.57. The summed E-state index contributed by atoms with van der Waals surface area (Å²) in [6, 6.07) is 11.8. The summed E-state index contributed by atoms with van der Waals surface area (Å²) >= 11 is 1.51. The molecule has 2 aliphatic rings. The monoisotopic (exact) mass is 435 g/mol. The molecule has 0 saturated carbocycles. The number of aromatic nitrogens is 2. The van der Waals surface area contributed by atoms with Crippen LogP contribution in [0.25, 0.3) is 0 Å². The number of nitrogens with one attached hydrogen (secondary N) is 1. The van der Waals surface area contributed by atoms with Crippen LogP contribution in [0, 0.1) is 6.92 Å². The van der Waals surface area contributed by atoms with Crippen LogP contribution in [0.4, 0.5) is 10.8 Å². The van der Waals surface area contributed by atoms with Gasteiger partial charge in [-0.15, -0.1) is 10.2 Å². The summed E-state index contributed by atoms with van der Waals surface area (Å²) in [6.45, 7) is 5.77. The summed E-state index contributed by atoms with van der Waals surface area (Å²) in [7, 11) is 0. The molecule has 9 heteroatoms. The van der Waals surface area contributed by atoms with Gasteiger partial charge in [-0.05, 0) is 50.1 Å². The van der Waals surface area contributed by atoms with Gasteiger partial charge in [0.2, 0.25) is 17.8 Å². The van der Waals surface area contributed by atoms with Gasteiger partial charge in [0.15, 0.2) is 11.5 Å². The molecule has 2 aliphatic heterocycles. The minimum Gasteiger partial charge on any atom is -0.454 e. The summed E-state index contributed by atoms with van der Waals surface area (Å²) in [5, 5.41) is 19.9. The molecule has 2 aromatic carbocycles. The summed E-state index contributed by atoms with van der Waals surface area (Å²) in [5.74, 6) is 1.37. The van der Waals surface area contributed by atoms with Crippen LogP contribution in [0.15, 0.2) is 41.5 Å². The van der Waals surface area contributed by atoms with E-state index >= 15 is 0 Å². The molecule has 0 bridgehead atoms. The fourth-order valence-corrected chi connectivity index (χ4v) is 4.52. The van der Waals surface area contributed by atoms with Crippen molar-refractivity contribution in [1.29, 1.82) is 0 Å². The maximum absolute atomic E-state index is 11.4. The first kappa shape index (κ1) is 19.5. The Kier molecular flexibility index (Phi) is 4.82. The number of carbonyl (C=O) groups is 1. The number of rotatable bonds is 3. The topological polar surface area (TPSA) is 88.9 Å². The highest BCUT2D eigenvalue weighted by molar-refractivity contribution is 7.15. The molecule has 0 fully saturated rings. The molecular formula is C22H21N5O3S. The molecule has 1 N–H and O–H groups in total. The van der Waals surface area contributed by atoms with Gasteiger partial charge in [0.25, 0.3) is 0 Å². The number of nitrogens with zero attached hydrogens (tertiary/aromatic N) is 4. The molecule has 31 heavy (non-hydrogen) atoms. The second-order valence-corrected chi connectivity index (χ2v) is 8.73. The lowest BCUT2D eigenvalue weighted by Gasteiger charge is -2.21. The van der Waals surface area contributed by atoms with Gasteiger partial charge in [-0.3, -0.25) is 4.79 Å². The fraction of sp³-hybridized carbons (Fsp3) is 0.273. The Bertz CT molecular complexity index is 1190. The fourth-order valence-electron chi connectivity index (χ4n) is 3.78. The van der Waals surface area contributed by atoms with Crippen LogP contribution < -0.4 is 19.8 Å². The van der Waals surface area contributed by atoms with Gasteiger partial charge < -0.3 is 14.8 Å². The molecule has 5 rings (SSSR count). The Balaban J connectivity index is 1.64. The summed E-state index contributed by atoms with van der Waals surface area (Å²) in [4.78, 5) is 11.4. The normalized spacial score (nSPS) is 17.1. The van der Waals surface area contributed by atoms with E-state index in [2.05, 4.69) is 22.4 Å². The van der Waals surface area contributed by atoms with Crippen molar-refractivity contribution in [2.75, 3.05) is 17.1 Å². The predicted molar refractivity (Wildman–Crippen MR) is 119 cm³/mol. The molecule has 0 spiro atoms. The molecule has 1 aromatic heterocycles. The van der Waals surface area contributed by atoms with Crippen LogP contribution in [0.5, 0.6) is 11.5 Å². The van der Waals surface area contributed by atoms with E-state index < -0.39 is 0 Å². The molecule has 0 radical (unpaired) electrons. The summed E-state index contributed by atoms with van der Waals surface area (Å²) < 4.78 is 11.2. The number of carbonyl (C=O) groups excluding carboxylic acids is 1. The first-order valence-electron chi connectivity index (χ1n) is 9.97. The van der Waals surface area contributed by atoms with Crippen LogP contribution in [0.3, 0.4) is 0 Å². The van der Waals surface area contributed by atoms with Gasteiger partial charge in [-0.1, -0.05) is 23.5 Å². The third-order valence-corrected chi connectivity index (χ3v) is 6.01. The number of amides is 1. The average molecular weight is 436 g/mol. The zero-order valence-corrected chi connectivity index (χ0v) is 18.2. The summed E-state index contributed by atoms with van der Waals surface area (Å²) in [6.07, 6.45) is 0.765. The van der Waals surface area contributed by atoms with Crippen molar-refractivity contribution in [3.05, 3.63) is 58.1 Å². The number of fused-ring (bicyclic) bond motifs is 2. The number of ether oxygens (including phenoxy) is 2. The SMILES string of the molecule is CC(=O)Nc1ccc(C2=NN(c3nnc(C)s3)[C@H](C)Cc3cc4c(cc32)OCO4)cc1. The van der Waals surface area contributed by atoms with E-state index in [0.29, 0.717) is 5.75 Å². The van der Waals surface area contributed by atoms with Crippen LogP contribution in [0.1, 0.15) is 35.5 Å². The van der Waals surface area contributed by atoms with E-state index in [1.807, 2.05) is 48.3 Å². The first-order valence-corrected chi connectivity index (χ1v) is 10.8. The smallest absolute Gasteiger partial charge is 0.231 e. The molecule has 1 amide bonds. The Labute approximate surface area is 183 Å². The summed E-state index contributed by atoms with van der Waals surface area (Å²) in [5.41, 5.74) is 4.59. The largest absolute Gasteiger partial charge is 0.454 e. The van der Waals surface area contributed by atoms with Crippen LogP contribution >= 0.6 is 11.3 Å². The van der Waals surface area contributed by atoms with Crippen LogP contribution in [0.2, 0.25) is 0 Å². The highest BCUT2D eigenvalue weighted by Crippen LogP contribution is 2.38. The first-order chi connectivity index (χ1) is 15.0. The molecule has 0 aliphatic carbocycles. The molecule has 8 nitrogen and oxygen atoms in total. The number of hydrazone groups is 1. The Morgan fingerprint density at radius 2 is 1.90 bits per heavy atom. The maximum atomic E-state index is 11.4. The van der Waals surface area contributed by atoms with E-state index in [1.54, 1.807) is 0 Å². The standard InChI is InChI=1S/C22H21N5O3S/c1-12-8-16-9-19-20(30-11-29-19)10-18(16)21(26-27(12)22-25-24-14(3)31-22)15-4-6-17(7-5-15)23-13(2)28/h4-7,9-10,12H,8,11H2,1-3H3,(H,23,28)/t12-/m1/s1. The van der Waals surface area contributed by atoms with E-state index in [1.165, 1.54) is 18.3 Å². The highest BCUT2D eigenvalue weighted by Gasteiger charge is 2.29.